The number of piperazine rings is 1. The van der Waals surface area contributed by atoms with Gasteiger partial charge in [0.2, 0.25) is 0 Å². The van der Waals surface area contributed by atoms with E-state index in [1.807, 2.05) is 17.0 Å². The maximum Gasteiger partial charge on any atom is 0.332 e. The molecule has 2 aromatic rings. The third-order valence-corrected chi connectivity index (χ3v) is 5.13. The molecule has 140 valence electrons. The summed E-state index contributed by atoms with van der Waals surface area (Å²) < 4.78 is 2.60. The van der Waals surface area contributed by atoms with Gasteiger partial charge in [-0.2, -0.15) is 0 Å². The van der Waals surface area contributed by atoms with E-state index in [4.69, 9.17) is 11.6 Å². The molecule has 1 aromatic heterocycles. The Morgan fingerprint density at radius 3 is 2.27 bits per heavy atom. The highest BCUT2D eigenvalue weighted by Crippen LogP contribution is 2.19. The smallest absolute Gasteiger partial charge is 0.332 e. The highest BCUT2D eigenvalue weighted by Gasteiger charge is 2.22. The van der Waals surface area contributed by atoms with E-state index < -0.39 is 6.10 Å². The highest BCUT2D eigenvalue weighted by molar-refractivity contribution is 6.30. The number of rotatable bonds is 4. The monoisotopic (exact) mass is 378 g/mol. The topological polar surface area (TPSA) is 70.7 Å². The molecule has 0 spiro atoms. The van der Waals surface area contributed by atoms with Crippen molar-refractivity contribution < 1.29 is 5.11 Å². The lowest BCUT2D eigenvalue weighted by Gasteiger charge is -2.37. The largest absolute Gasteiger partial charge is 0.387 e. The number of anilines is 1. The Morgan fingerprint density at radius 1 is 1.04 bits per heavy atom. The van der Waals surface area contributed by atoms with Crippen LogP contribution in [0.3, 0.4) is 0 Å². The third kappa shape index (κ3) is 3.85. The highest BCUT2D eigenvalue weighted by atomic mass is 35.5. The van der Waals surface area contributed by atoms with Crippen LogP contribution in [0.4, 0.5) is 5.82 Å². The van der Waals surface area contributed by atoms with Crippen LogP contribution in [0.15, 0.2) is 39.9 Å². The van der Waals surface area contributed by atoms with Crippen LogP contribution in [0.25, 0.3) is 0 Å². The number of hydrogen-bond donors (Lipinski definition) is 1. The summed E-state index contributed by atoms with van der Waals surface area (Å²) in [6, 6.07) is 8.71. The summed E-state index contributed by atoms with van der Waals surface area (Å²) in [4.78, 5) is 28.2. The molecule has 1 N–H and O–H groups in total. The van der Waals surface area contributed by atoms with Crippen LogP contribution in [-0.4, -0.2) is 51.9 Å². The first-order valence-electron chi connectivity index (χ1n) is 8.54. The predicted octanol–water partition coefficient (Wildman–Crippen LogP) is 0.593. The van der Waals surface area contributed by atoms with Gasteiger partial charge >= 0.3 is 5.69 Å². The average molecular weight is 379 g/mol. The Kier molecular flexibility index (Phi) is 5.50. The van der Waals surface area contributed by atoms with Gasteiger partial charge in [-0.3, -0.25) is 18.8 Å². The Hall–Kier alpha value is -2.09. The van der Waals surface area contributed by atoms with E-state index in [1.54, 1.807) is 19.2 Å². The van der Waals surface area contributed by atoms with Gasteiger partial charge in [-0.1, -0.05) is 23.7 Å². The first kappa shape index (κ1) is 18.7. The standard InChI is InChI=1S/C18H23ClN4O3/c1-20-16(11-17(25)21(2)18(20)26)23-9-7-22(8-10-23)12-15(24)13-3-5-14(19)6-4-13/h3-6,11,15,24H,7-10,12H2,1-2H3. The van der Waals surface area contributed by atoms with Gasteiger partial charge in [0.15, 0.2) is 0 Å². The van der Waals surface area contributed by atoms with Crippen molar-refractivity contribution in [1.82, 2.24) is 14.0 Å². The van der Waals surface area contributed by atoms with Crippen molar-refractivity contribution in [3.63, 3.8) is 0 Å². The Balaban J connectivity index is 1.64. The van der Waals surface area contributed by atoms with E-state index in [9.17, 15) is 14.7 Å². The van der Waals surface area contributed by atoms with Crippen LogP contribution in [0.2, 0.25) is 5.02 Å². The van der Waals surface area contributed by atoms with Crippen LogP contribution in [0, 0.1) is 0 Å². The maximum absolute atomic E-state index is 12.1. The van der Waals surface area contributed by atoms with Gasteiger partial charge in [-0.15, -0.1) is 0 Å². The summed E-state index contributed by atoms with van der Waals surface area (Å²) >= 11 is 5.88. The molecule has 3 rings (SSSR count). The van der Waals surface area contributed by atoms with Crippen molar-refractivity contribution in [3.8, 4) is 0 Å². The third-order valence-electron chi connectivity index (χ3n) is 4.88. The molecule has 1 atom stereocenters. The molecule has 26 heavy (non-hydrogen) atoms. The van der Waals surface area contributed by atoms with Crippen molar-refractivity contribution in [2.45, 2.75) is 6.10 Å². The summed E-state index contributed by atoms with van der Waals surface area (Å²) in [5.41, 5.74) is 0.211. The lowest BCUT2D eigenvalue weighted by Crippen LogP contribution is -2.50. The number of benzene rings is 1. The van der Waals surface area contributed by atoms with E-state index in [-0.39, 0.29) is 11.2 Å². The van der Waals surface area contributed by atoms with E-state index in [0.29, 0.717) is 30.5 Å². The second kappa shape index (κ2) is 7.65. The molecule has 1 fully saturated rings. The average Bonchev–Trinajstić information content (AvgIpc) is 2.64. The van der Waals surface area contributed by atoms with Gasteiger partial charge < -0.3 is 10.0 Å². The van der Waals surface area contributed by atoms with E-state index in [1.165, 1.54) is 17.7 Å². The van der Waals surface area contributed by atoms with Crippen LogP contribution >= 0.6 is 11.6 Å². The zero-order valence-corrected chi connectivity index (χ0v) is 15.7. The molecule has 8 heteroatoms. The first-order valence-corrected chi connectivity index (χ1v) is 8.92. The molecule has 0 amide bonds. The van der Waals surface area contributed by atoms with Crippen molar-refractivity contribution in [2.24, 2.45) is 14.1 Å². The number of aromatic nitrogens is 2. The number of nitrogens with zero attached hydrogens (tertiary/aromatic N) is 4. The molecule has 0 saturated carbocycles. The normalized spacial score (nSPS) is 16.7. The Morgan fingerprint density at radius 2 is 1.65 bits per heavy atom. The zero-order chi connectivity index (χ0) is 18.8. The summed E-state index contributed by atoms with van der Waals surface area (Å²) in [6.07, 6.45) is -0.577. The quantitative estimate of drug-likeness (QED) is 0.843. The molecule has 2 heterocycles. The van der Waals surface area contributed by atoms with Gasteiger partial charge in [-0.05, 0) is 17.7 Å². The van der Waals surface area contributed by atoms with Crippen molar-refractivity contribution in [3.05, 3.63) is 61.8 Å². The predicted molar refractivity (Wildman–Crippen MR) is 102 cm³/mol. The minimum atomic E-state index is -0.577. The van der Waals surface area contributed by atoms with Gasteiger partial charge in [0.05, 0.1) is 6.10 Å². The summed E-state index contributed by atoms with van der Waals surface area (Å²) in [5, 5.41) is 11.1. The van der Waals surface area contributed by atoms with E-state index in [0.717, 1.165) is 23.2 Å². The molecular weight excluding hydrogens is 356 g/mol. The molecule has 1 aliphatic heterocycles. The fourth-order valence-electron chi connectivity index (χ4n) is 3.22. The Labute approximate surface area is 156 Å². The number of β-amino-alcohol motifs (C(OH)–C–C–N with tert-alkyl or cyclic N) is 1. The lowest BCUT2D eigenvalue weighted by atomic mass is 10.1. The van der Waals surface area contributed by atoms with Crippen LogP contribution in [-0.2, 0) is 14.1 Å². The molecule has 1 aromatic carbocycles. The van der Waals surface area contributed by atoms with Gasteiger partial charge in [0.25, 0.3) is 5.56 Å². The second-order valence-electron chi connectivity index (χ2n) is 6.60. The van der Waals surface area contributed by atoms with E-state index >= 15 is 0 Å². The lowest BCUT2D eigenvalue weighted by molar-refractivity contribution is 0.109. The summed E-state index contributed by atoms with van der Waals surface area (Å²) in [6.45, 7) is 3.40. The van der Waals surface area contributed by atoms with Crippen molar-refractivity contribution in [1.29, 1.82) is 0 Å². The van der Waals surface area contributed by atoms with Gasteiger partial charge in [0.1, 0.15) is 5.82 Å². The van der Waals surface area contributed by atoms with E-state index in [2.05, 4.69) is 4.90 Å². The molecule has 1 aliphatic rings. The second-order valence-corrected chi connectivity index (χ2v) is 7.03. The molecule has 1 unspecified atom stereocenters. The molecule has 0 radical (unpaired) electrons. The summed E-state index contributed by atoms with van der Waals surface area (Å²) in [7, 11) is 3.15. The number of hydrogen-bond acceptors (Lipinski definition) is 5. The molecule has 1 saturated heterocycles. The summed E-state index contributed by atoms with van der Waals surface area (Å²) in [5.74, 6) is 0.635. The van der Waals surface area contributed by atoms with Gasteiger partial charge in [0, 0.05) is 57.9 Å². The molecule has 7 nitrogen and oxygen atoms in total. The van der Waals surface area contributed by atoms with Crippen molar-refractivity contribution >= 4 is 17.4 Å². The minimum absolute atomic E-state index is 0.302. The zero-order valence-electron chi connectivity index (χ0n) is 14.9. The van der Waals surface area contributed by atoms with Crippen LogP contribution in [0.1, 0.15) is 11.7 Å². The number of aliphatic hydroxyl groups is 1. The Bertz CT molecular complexity index is 883. The molecule has 0 bridgehead atoms. The minimum Gasteiger partial charge on any atom is -0.387 e. The van der Waals surface area contributed by atoms with Crippen LogP contribution in [0.5, 0.6) is 0 Å². The maximum atomic E-state index is 12.1. The fraction of sp³-hybridized carbons (Fsp3) is 0.444. The SMILES string of the molecule is Cn1c(N2CCN(CC(O)c3ccc(Cl)cc3)CC2)cc(=O)n(C)c1=O. The first-order chi connectivity index (χ1) is 12.4. The molecular formula is C18H23ClN4O3. The van der Waals surface area contributed by atoms with Gasteiger partial charge in [-0.25, -0.2) is 4.79 Å². The fourth-order valence-corrected chi connectivity index (χ4v) is 3.35. The number of aliphatic hydroxyl groups excluding tert-OH is 1. The number of halogens is 1. The molecule has 0 aliphatic carbocycles. The van der Waals surface area contributed by atoms with Crippen molar-refractivity contribution in [2.75, 3.05) is 37.6 Å². The van der Waals surface area contributed by atoms with Crippen LogP contribution < -0.4 is 16.1 Å².